The normalized spacial score (nSPS) is 10.8. The number of hydrogen-bond acceptors (Lipinski definition) is 6. The van der Waals surface area contributed by atoms with E-state index >= 15 is 0 Å². The number of rotatable bonds is 7. The van der Waals surface area contributed by atoms with Crippen molar-refractivity contribution in [2.75, 3.05) is 31.1 Å². The molecule has 1 rings (SSSR count). The molecule has 0 spiro atoms. The minimum atomic E-state index is -0.452. The first-order valence-electron chi connectivity index (χ1n) is 5.84. The highest BCUT2D eigenvalue weighted by atomic mass is 32.2. The second-order valence-corrected chi connectivity index (χ2v) is 4.84. The molecular formula is C11H18N4O2S. The summed E-state index contributed by atoms with van der Waals surface area (Å²) in [6.07, 6.45) is 0. The first-order valence-corrected chi connectivity index (χ1v) is 6.82. The van der Waals surface area contributed by atoms with E-state index in [1.807, 2.05) is 0 Å². The van der Waals surface area contributed by atoms with E-state index in [-0.39, 0.29) is 11.5 Å². The Labute approximate surface area is 111 Å². The first-order chi connectivity index (χ1) is 8.56. The lowest BCUT2D eigenvalue weighted by Gasteiger charge is -2.17. The topological polar surface area (TPSA) is 85.3 Å². The lowest BCUT2D eigenvalue weighted by Crippen LogP contribution is -2.25. The lowest BCUT2D eigenvalue weighted by atomic mass is 10.4. The van der Waals surface area contributed by atoms with Gasteiger partial charge in [0, 0.05) is 18.4 Å². The number of nitrogen functional groups attached to an aromatic ring is 1. The third-order valence-corrected chi connectivity index (χ3v) is 3.46. The van der Waals surface area contributed by atoms with Crippen LogP contribution in [0.4, 0.5) is 11.5 Å². The number of anilines is 1. The molecule has 0 fully saturated rings. The zero-order valence-electron chi connectivity index (χ0n) is 10.6. The van der Waals surface area contributed by atoms with E-state index in [0.29, 0.717) is 5.03 Å². The zero-order chi connectivity index (χ0) is 13.5. The Hall–Kier alpha value is -1.34. The van der Waals surface area contributed by atoms with E-state index in [1.54, 1.807) is 0 Å². The summed E-state index contributed by atoms with van der Waals surface area (Å²) in [5.41, 5.74) is 5.54. The molecule has 0 aliphatic rings. The number of thioether (sulfide) groups is 1. The summed E-state index contributed by atoms with van der Waals surface area (Å²) in [6, 6.07) is 2.73. The molecule has 100 valence electrons. The molecule has 0 radical (unpaired) electrons. The molecule has 18 heavy (non-hydrogen) atoms. The van der Waals surface area contributed by atoms with Gasteiger partial charge in [-0.05, 0) is 13.1 Å². The molecule has 7 heteroatoms. The maximum Gasteiger partial charge on any atom is 0.275 e. The van der Waals surface area contributed by atoms with E-state index < -0.39 is 4.92 Å². The molecule has 6 nitrogen and oxygen atoms in total. The number of hydrogen-bond donors (Lipinski definition) is 1. The monoisotopic (exact) mass is 270 g/mol. The average Bonchev–Trinajstić information content (AvgIpc) is 2.34. The van der Waals surface area contributed by atoms with E-state index in [1.165, 1.54) is 23.9 Å². The van der Waals surface area contributed by atoms with E-state index in [2.05, 4.69) is 23.7 Å². The summed E-state index contributed by atoms with van der Waals surface area (Å²) >= 11 is 1.49. The zero-order valence-corrected chi connectivity index (χ0v) is 11.4. The van der Waals surface area contributed by atoms with Gasteiger partial charge >= 0.3 is 0 Å². The molecule has 1 heterocycles. The minimum Gasteiger partial charge on any atom is -0.383 e. The van der Waals surface area contributed by atoms with Gasteiger partial charge in [-0.3, -0.25) is 10.1 Å². The van der Waals surface area contributed by atoms with Gasteiger partial charge < -0.3 is 10.6 Å². The molecule has 0 unspecified atom stereocenters. The number of nitrogens with zero attached hydrogens (tertiary/aromatic N) is 3. The summed E-state index contributed by atoms with van der Waals surface area (Å²) in [4.78, 5) is 16.6. The highest BCUT2D eigenvalue weighted by molar-refractivity contribution is 7.99. The van der Waals surface area contributed by atoms with Gasteiger partial charge in [0.25, 0.3) is 5.69 Å². The molecule has 0 saturated carbocycles. The van der Waals surface area contributed by atoms with Crippen molar-refractivity contribution in [3.63, 3.8) is 0 Å². The van der Waals surface area contributed by atoms with Gasteiger partial charge in [-0.15, -0.1) is 11.8 Å². The van der Waals surface area contributed by atoms with Crippen molar-refractivity contribution < 1.29 is 4.92 Å². The summed E-state index contributed by atoms with van der Waals surface area (Å²) in [7, 11) is 0. The maximum absolute atomic E-state index is 10.7. The Kier molecular flexibility index (Phi) is 5.87. The first kappa shape index (κ1) is 14.7. The van der Waals surface area contributed by atoms with Crippen LogP contribution < -0.4 is 5.73 Å². The summed E-state index contributed by atoms with van der Waals surface area (Å²) < 4.78 is 0. The van der Waals surface area contributed by atoms with Crippen molar-refractivity contribution >= 4 is 23.3 Å². The average molecular weight is 270 g/mol. The largest absolute Gasteiger partial charge is 0.383 e. The Morgan fingerprint density at radius 1 is 1.44 bits per heavy atom. The number of aromatic nitrogens is 1. The minimum absolute atomic E-state index is 0.00663. The van der Waals surface area contributed by atoms with Crippen molar-refractivity contribution in [3.05, 3.63) is 22.2 Å². The van der Waals surface area contributed by atoms with Crippen LogP contribution in [0.2, 0.25) is 0 Å². The fourth-order valence-electron chi connectivity index (χ4n) is 1.51. The van der Waals surface area contributed by atoms with Gasteiger partial charge in [0.1, 0.15) is 10.8 Å². The molecule has 0 aromatic carbocycles. The molecule has 1 aromatic rings. The van der Waals surface area contributed by atoms with Crippen molar-refractivity contribution in [2.24, 2.45) is 0 Å². The fourth-order valence-corrected chi connectivity index (χ4v) is 2.44. The van der Waals surface area contributed by atoms with Crippen molar-refractivity contribution in [1.29, 1.82) is 0 Å². The molecule has 0 bridgehead atoms. The second kappa shape index (κ2) is 7.17. The summed E-state index contributed by atoms with van der Waals surface area (Å²) in [5, 5.41) is 11.3. The molecule has 0 aliphatic heterocycles. The molecule has 0 aliphatic carbocycles. The van der Waals surface area contributed by atoms with Crippen LogP contribution in [0.1, 0.15) is 13.8 Å². The quantitative estimate of drug-likeness (QED) is 0.463. The van der Waals surface area contributed by atoms with E-state index in [4.69, 9.17) is 5.73 Å². The third kappa shape index (κ3) is 4.50. The molecule has 1 aromatic heterocycles. The second-order valence-electron chi connectivity index (χ2n) is 3.72. The van der Waals surface area contributed by atoms with Crippen molar-refractivity contribution in [1.82, 2.24) is 9.88 Å². The molecule has 0 atom stereocenters. The smallest absolute Gasteiger partial charge is 0.275 e. The number of nitrogens with two attached hydrogens (primary N) is 1. The standard InChI is InChI=1S/C11H18N4O2S/c1-3-14(4-2)5-6-18-11-8-9(15(16)17)7-10(12)13-11/h7-8H,3-6H2,1-2H3,(H2,12,13). The number of nitro groups is 1. The lowest BCUT2D eigenvalue weighted by molar-refractivity contribution is -0.385. The van der Waals surface area contributed by atoms with Gasteiger partial charge in [0.2, 0.25) is 0 Å². The molecule has 2 N–H and O–H groups in total. The van der Waals surface area contributed by atoms with Gasteiger partial charge in [-0.2, -0.15) is 0 Å². The maximum atomic E-state index is 10.7. The summed E-state index contributed by atoms with van der Waals surface area (Å²) in [6.45, 7) is 7.15. The Morgan fingerprint density at radius 2 is 2.11 bits per heavy atom. The van der Waals surface area contributed by atoms with E-state index in [9.17, 15) is 10.1 Å². The van der Waals surface area contributed by atoms with Crippen LogP contribution >= 0.6 is 11.8 Å². The Balaban J connectivity index is 2.59. The van der Waals surface area contributed by atoms with Crippen LogP contribution in [0.3, 0.4) is 0 Å². The molecule has 0 amide bonds. The fraction of sp³-hybridized carbons (Fsp3) is 0.545. The van der Waals surface area contributed by atoms with Crippen LogP contribution in [0.25, 0.3) is 0 Å². The van der Waals surface area contributed by atoms with Crippen molar-refractivity contribution in [3.8, 4) is 0 Å². The highest BCUT2D eigenvalue weighted by Crippen LogP contribution is 2.23. The highest BCUT2D eigenvalue weighted by Gasteiger charge is 2.10. The van der Waals surface area contributed by atoms with Gasteiger partial charge in [0.05, 0.1) is 11.0 Å². The van der Waals surface area contributed by atoms with Gasteiger partial charge in [0.15, 0.2) is 0 Å². The predicted octanol–water partition coefficient (Wildman–Crippen LogP) is 2.01. The van der Waals surface area contributed by atoms with Crippen molar-refractivity contribution in [2.45, 2.75) is 18.9 Å². The van der Waals surface area contributed by atoms with Crippen LogP contribution in [-0.2, 0) is 0 Å². The predicted molar refractivity (Wildman–Crippen MR) is 73.8 cm³/mol. The molecular weight excluding hydrogens is 252 g/mol. The van der Waals surface area contributed by atoms with Crippen LogP contribution in [0.15, 0.2) is 17.2 Å². The van der Waals surface area contributed by atoms with Crippen LogP contribution in [0.5, 0.6) is 0 Å². The Morgan fingerprint density at radius 3 is 2.67 bits per heavy atom. The van der Waals surface area contributed by atoms with Crippen LogP contribution in [-0.4, -0.2) is 40.2 Å². The SMILES string of the molecule is CCN(CC)CCSc1cc([N+](=O)[O-])cc(N)n1. The van der Waals surface area contributed by atoms with Crippen LogP contribution in [0, 0.1) is 10.1 Å². The van der Waals surface area contributed by atoms with Gasteiger partial charge in [-0.1, -0.05) is 13.8 Å². The summed E-state index contributed by atoms with van der Waals surface area (Å²) in [5.74, 6) is 1.03. The third-order valence-electron chi connectivity index (χ3n) is 2.57. The van der Waals surface area contributed by atoms with E-state index in [0.717, 1.165) is 25.4 Å². The van der Waals surface area contributed by atoms with Gasteiger partial charge in [-0.25, -0.2) is 4.98 Å². The molecule has 0 saturated heterocycles. The Bertz CT molecular complexity index is 410. The number of pyridine rings is 1.